The lowest BCUT2D eigenvalue weighted by atomic mass is 9.76. The molecule has 36 heavy (non-hydrogen) atoms. The van der Waals surface area contributed by atoms with Gasteiger partial charge < -0.3 is 10.3 Å². The molecule has 2 saturated heterocycles. The third kappa shape index (κ3) is 2.85. The SMILES string of the molecule is O=C1[C@@H]2[C@H](Cc3c[nH]c4ccccc34)N[C@]3(C(=O)Nc4ccc(F)cc43)[C@@H]2C(=O)N1C1CCCCC1. The fraction of sp³-hybridized carbons (Fsp3) is 0.393. The van der Waals surface area contributed by atoms with Gasteiger partial charge in [-0.3, -0.25) is 24.6 Å². The molecule has 0 bridgehead atoms. The molecule has 3 fully saturated rings. The van der Waals surface area contributed by atoms with Gasteiger partial charge in [0.1, 0.15) is 11.4 Å². The maximum absolute atomic E-state index is 14.5. The number of benzene rings is 2. The highest BCUT2D eigenvalue weighted by Gasteiger charge is 2.71. The van der Waals surface area contributed by atoms with Gasteiger partial charge in [-0.1, -0.05) is 37.5 Å². The van der Waals surface area contributed by atoms with E-state index >= 15 is 0 Å². The number of imide groups is 1. The number of nitrogens with one attached hydrogen (secondary N) is 3. The molecule has 4 atom stereocenters. The smallest absolute Gasteiger partial charge is 0.250 e. The van der Waals surface area contributed by atoms with Gasteiger partial charge in [-0.25, -0.2) is 4.39 Å². The van der Waals surface area contributed by atoms with E-state index in [1.54, 1.807) is 0 Å². The zero-order chi connectivity index (χ0) is 24.6. The number of anilines is 1. The minimum Gasteiger partial charge on any atom is -0.361 e. The van der Waals surface area contributed by atoms with Gasteiger partial charge in [0.2, 0.25) is 17.7 Å². The molecule has 3 N–H and O–H groups in total. The molecule has 3 aliphatic heterocycles. The topological polar surface area (TPSA) is 94.3 Å². The van der Waals surface area contributed by atoms with Crippen LogP contribution in [0.2, 0.25) is 0 Å². The minimum absolute atomic E-state index is 0.133. The molecule has 1 spiro atoms. The third-order valence-corrected chi connectivity index (χ3v) is 8.77. The maximum Gasteiger partial charge on any atom is 0.250 e. The molecule has 3 aromatic rings. The highest BCUT2D eigenvalue weighted by atomic mass is 19.1. The van der Waals surface area contributed by atoms with Crippen molar-refractivity contribution in [1.29, 1.82) is 0 Å². The second-order valence-corrected chi connectivity index (χ2v) is 10.6. The van der Waals surface area contributed by atoms with Gasteiger partial charge in [0, 0.05) is 40.4 Å². The van der Waals surface area contributed by atoms with Crippen molar-refractivity contribution in [3.63, 3.8) is 0 Å². The zero-order valence-corrected chi connectivity index (χ0v) is 19.7. The first kappa shape index (κ1) is 21.7. The van der Waals surface area contributed by atoms with E-state index in [4.69, 9.17) is 0 Å². The van der Waals surface area contributed by atoms with Gasteiger partial charge in [-0.2, -0.15) is 0 Å². The number of para-hydroxylation sites is 1. The molecular weight excluding hydrogens is 459 g/mol. The van der Waals surface area contributed by atoms with Crippen LogP contribution in [0, 0.1) is 17.7 Å². The summed E-state index contributed by atoms with van der Waals surface area (Å²) in [7, 11) is 0. The average molecular weight is 487 g/mol. The Hall–Kier alpha value is -3.52. The van der Waals surface area contributed by atoms with Crippen LogP contribution in [-0.2, 0) is 26.3 Å². The summed E-state index contributed by atoms with van der Waals surface area (Å²) in [5.74, 6) is -3.00. The Morgan fingerprint density at radius 1 is 1.00 bits per heavy atom. The van der Waals surface area contributed by atoms with Gasteiger partial charge in [-0.15, -0.1) is 0 Å². The number of aromatic nitrogens is 1. The van der Waals surface area contributed by atoms with Crippen LogP contribution < -0.4 is 10.6 Å². The van der Waals surface area contributed by atoms with Crippen molar-refractivity contribution in [2.24, 2.45) is 11.8 Å². The van der Waals surface area contributed by atoms with Crippen molar-refractivity contribution < 1.29 is 18.8 Å². The molecule has 1 aromatic heterocycles. The number of hydrogen-bond donors (Lipinski definition) is 3. The fourth-order valence-corrected chi connectivity index (χ4v) is 7.21. The molecular formula is C28H27FN4O3. The average Bonchev–Trinajstić information content (AvgIpc) is 3.59. The van der Waals surface area contributed by atoms with Crippen molar-refractivity contribution in [2.45, 2.75) is 56.1 Å². The van der Waals surface area contributed by atoms with Crippen LogP contribution in [0.25, 0.3) is 10.9 Å². The summed E-state index contributed by atoms with van der Waals surface area (Å²) < 4.78 is 14.5. The van der Waals surface area contributed by atoms with Gasteiger partial charge in [0.05, 0.1) is 11.8 Å². The van der Waals surface area contributed by atoms with Crippen LogP contribution in [0.4, 0.5) is 10.1 Å². The second-order valence-electron chi connectivity index (χ2n) is 10.6. The van der Waals surface area contributed by atoms with E-state index in [1.165, 1.54) is 23.1 Å². The molecule has 4 aliphatic rings. The Morgan fingerprint density at radius 3 is 2.64 bits per heavy atom. The fourth-order valence-electron chi connectivity index (χ4n) is 7.21. The lowest BCUT2D eigenvalue weighted by Crippen LogP contribution is -2.54. The summed E-state index contributed by atoms with van der Waals surface area (Å²) in [4.78, 5) is 46.4. The number of likely N-dealkylation sites (tertiary alicyclic amines) is 1. The van der Waals surface area contributed by atoms with Crippen LogP contribution in [0.3, 0.4) is 0 Å². The maximum atomic E-state index is 14.5. The molecule has 7 nitrogen and oxygen atoms in total. The molecule has 3 amide bonds. The first-order chi connectivity index (χ1) is 17.5. The Morgan fingerprint density at radius 2 is 1.81 bits per heavy atom. The molecule has 0 unspecified atom stereocenters. The normalized spacial score (nSPS) is 29.9. The predicted octanol–water partition coefficient (Wildman–Crippen LogP) is 3.60. The van der Waals surface area contributed by atoms with E-state index in [0.29, 0.717) is 17.7 Å². The lowest BCUT2D eigenvalue weighted by molar-refractivity contribution is -0.146. The summed E-state index contributed by atoms with van der Waals surface area (Å²) in [5.41, 5.74) is 1.41. The molecule has 1 saturated carbocycles. The van der Waals surface area contributed by atoms with Crippen LogP contribution in [-0.4, -0.2) is 39.7 Å². The Bertz CT molecular complexity index is 1430. The van der Waals surface area contributed by atoms with Crippen molar-refractivity contribution in [3.8, 4) is 0 Å². The largest absolute Gasteiger partial charge is 0.361 e. The van der Waals surface area contributed by atoms with Crippen molar-refractivity contribution in [3.05, 3.63) is 65.6 Å². The van der Waals surface area contributed by atoms with E-state index in [9.17, 15) is 18.8 Å². The Balaban J connectivity index is 1.36. The number of aromatic amines is 1. The lowest BCUT2D eigenvalue weighted by Gasteiger charge is -2.34. The minimum atomic E-state index is -1.48. The number of H-pyrrole nitrogens is 1. The van der Waals surface area contributed by atoms with Crippen LogP contribution in [0.1, 0.15) is 43.2 Å². The van der Waals surface area contributed by atoms with Crippen LogP contribution in [0.5, 0.6) is 0 Å². The van der Waals surface area contributed by atoms with E-state index < -0.39 is 35.1 Å². The highest BCUT2D eigenvalue weighted by molar-refractivity contribution is 6.15. The molecule has 8 heteroatoms. The first-order valence-electron chi connectivity index (χ1n) is 12.8. The number of fused-ring (bicyclic) bond motifs is 5. The summed E-state index contributed by atoms with van der Waals surface area (Å²) in [5, 5.41) is 7.32. The van der Waals surface area contributed by atoms with Crippen LogP contribution >= 0.6 is 0 Å². The van der Waals surface area contributed by atoms with Gasteiger partial charge >= 0.3 is 0 Å². The second kappa shape index (κ2) is 7.74. The summed E-state index contributed by atoms with van der Waals surface area (Å²) in [6, 6.07) is 11.5. The number of nitrogens with zero attached hydrogens (tertiary/aromatic N) is 1. The standard InChI is InChI=1S/C28H27FN4O3/c29-16-10-11-21-19(13-16)28(27(36)31-21)24-23(25(34)33(26(24)35)17-6-2-1-3-7-17)22(32-28)12-15-14-30-20-9-5-4-8-18(15)20/h4-5,8-11,13-14,17,22-24,30,32H,1-3,6-7,12H2,(H,31,36)/t22-,23+,24-,28-/m0/s1. The molecule has 7 rings (SSSR count). The summed E-state index contributed by atoms with van der Waals surface area (Å²) in [6.45, 7) is 0. The predicted molar refractivity (Wildman–Crippen MR) is 131 cm³/mol. The summed E-state index contributed by atoms with van der Waals surface area (Å²) >= 11 is 0. The van der Waals surface area contributed by atoms with Gasteiger partial charge in [-0.05, 0) is 49.1 Å². The molecule has 0 radical (unpaired) electrons. The monoisotopic (exact) mass is 486 g/mol. The van der Waals surface area contributed by atoms with E-state index in [2.05, 4.69) is 15.6 Å². The highest BCUT2D eigenvalue weighted by Crippen LogP contribution is 2.54. The molecule has 1 aliphatic carbocycles. The first-order valence-corrected chi connectivity index (χ1v) is 12.8. The number of carbonyl (C=O) groups is 3. The zero-order valence-electron chi connectivity index (χ0n) is 19.7. The quantitative estimate of drug-likeness (QED) is 0.493. The van der Waals surface area contributed by atoms with Gasteiger partial charge in [0.15, 0.2) is 0 Å². The molecule has 184 valence electrons. The van der Waals surface area contributed by atoms with Crippen molar-refractivity contribution in [2.75, 3.05) is 5.32 Å². The number of amides is 3. The Kier molecular flexibility index (Phi) is 4.67. The van der Waals surface area contributed by atoms with Crippen molar-refractivity contribution in [1.82, 2.24) is 15.2 Å². The van der Waals surface area contributed by atoms with E-state index in [1.807, 2.05) is 30.5 Å². The number of halogens is 1. The number of rotatable bonds is 3. The third-order valence-electron chi connectivity index (χ3n) is 8.77. The molecule has 2 aromatic carbocycles. The summed E-state index contributed by atoms with van der Waals surface area (Å²) in [6.07, 6.45) is 7.03. The van der Waals surface area contributed by atoms with Crippen molar-refractivity contribution >= 4 is 34.3 Å². The van der Waals surface area contributed by atoms with Gasteiger partial charge in [0.25, 0.3) is 0 Å². The number of carbonyl (C=O) groups excluding carboxylic acids is 3. The van der Waals surface area contributed by atoms with E-state index in [0.717, 1.165) is 48.6 Å². The number of hydrogen-bond acceptors (Lipinski definition) is 4. The van der Waals surface area contributed by atoms with E-state index in [-0.39, 0.29) is 17.9 Å². The Labute approximate surface area is 207 Å². The van der Waals surface area contributed by atoms with Crippen LogP contribution in [0.15, 0.2) is 48.7 Å². The molecule has 4 heterocycles.